The van der Waals surface area contributed by atoms with Gasteiger partial charge in [-0.15, -0.1) is 0 Å². The third kappa shape index (κ3) is 4.85. The highest BCUT2D eigenvalue weighted by molar-refractivity contribution is 5.93. The number of amides is 1. The molecule has 3 N–H and O–H groups in total. The van der Waals surface area contributed by atoms with Crippen LogP contribution in [0.1, 0.15) is 52.6 Å². The van der Waals surface area contributed by atoms with Crippen LogP contribution in [0.25, 0.3) is 10.8 Å². The first-order valence-corrected chi connectivity index (χ1v) is 12.4. The van der Waals surface area contributed by atoms with E-state index in [9.17, 15) is 18.0 Å². The summed E-state index contributed by atoms with van der Waals surface area (Å²) in [4.78, 5) is 31.5. The molecule has 12 heteroatoms. The van der Waals surface area contributed by atoms with Gasteiger partial charge in [-0.05, 0) is 36.4 Å². The van der Waals surface area contributed by atoms with Gasteiger partial charge < -0.3 is 20.5 Å². The molecule has 196 valence electrons. The van der Waals surface area contributed by atoms with E-state index in [4.69, 9.17) is 5.73 Å². The number of fused-ring (bicyclic) bond motifs is 1. The van der Waals surface area contributed by atoms with Crippen LogP contribution in [0.15, 0.2) is 43.0 Å². The highest BCUT2D eigenvalue weighted by Gasteiger charge is 2.39. The van der Waals surface area contributed by atoms with Gasteiger partial charge in [0.05, 0.1) is 13.1 Å². The maximum Gasteiger partial charge on any atom is 0.271 e. The maximum absolute atomic E-state index is 14.6. The van der Waals surface area contributed by atoms with E-state index < -0.39 is 17.6 Å². The summed E-state index contributed by atoms with van der Waals surface area (Å²) in [5.41, 5.74) is 7.15. The number of halogens is 3. The van der Waals surface area contributed by atoms with E-state index in [1.807, 2.05) is 4.57 Å². The summed E-state index contributed by atoms with van der Waals surface area (Å²) in [6, 6.07) is 4.70. The topological polar surface area (TPSA) is 115 Å². The average Bonchev–Trinajstić information content (AvgIpc) is 3.55. The first-order valence-electron chi connectivity index (χ1n) is 12.4. The molecule has 9 nitrogen and oxygen atoms in total. The molecular formula is C26H25F3N8O. The van der Waals surface area contributed by atoms with Crippen molar-refractivity contribution in [1.29, 1.82) is 0 Å². The van der Waals surface area contributed by atoms with Gasteiger partial charge in [0, 0.05) is 66.7 Å². The molecule has 0 atom stereocenters. The van der Waals surface area contributed by atoms with Crippen LogP contribution in [0, 0.1) is 5.82 Å². The normalized spacial score (nSPS) is 16.8. The summed E-state index contributed by atoms with van der Waals surface area (Å²) in [5.74, 6) is -2.05. The Bertz CT molecular complexity index is 1520. The van der Waals surface area contributed by atoms with E-state index in [2.05, 4.69) is 25.3 Å². The Morgan fingerprint density at radius 3 is 2.68 bits per heavy atom. The number of anilines is 2. The Morgan fingerprint density at radius 1 is 1.18 bits per heavy atom. The van der Waals surface area contributed by atoms with E-state index >= 15 is 0 Å². The minimum Gasteiger partial charge on any atom is -0.383 e. The number of nitrogens with one attached hydrogen (secondary N) is 1. The number of nitrogen functional groups attached to an aromatic ring is 1. The lowest BCUT2D eigenvalue weighted by Crippen LogP contribution is -2.26. The van der Waals surface area contributed by atoms with Crippen molar-refractivity contribution in [2.75, 3.05) is 23.7 Å². The predicted molar refractivity (Wildman–Crippen MR) is 134 cm³/mol. The highest BCUT2D eigenvalue weighted by atomic mass is 19.3. The molecule has 2 aliphatic rings. The summed E-state index contributed by atoms with van der Waals surface area (Å²) >= 11 is 0. The number of nitrogens with two attached hydrogens (primary N) is 1. The van der Waals surface area contributed by atoms with Crippen LogP contribution in [-0.4, -0.2) is 49.4 Å². The predicted octanol–water partition coefficient (Wildman–Crippen LogP) is 3.64. The summed E-state index contributed by atoms with van der Waals surface area (Å²) in [6.07, 6.45) is 8.20. The molecule has 6 rings (SSSR count). The summed E-state index contributed by atoms with van der Waals surface area (Å²) < 4.78 is 43.6. The minimum atomic E-state index is -2.72. The lowest BCUT2D eigenvalue weighted by molar-refractivity contribution is 0.0256. The molecule has 38 heavy (non-hydrogen) atoms. The minimum absolute atomic E-state index is 0.0146. The van der Waals surface area contributed by atoms with Crippen molar-refractivity contribution < 1.29 is 18.0 Å². The van der Waals surface area contributed by atoms with E-state index in [1.165, 1.54) is 11.0 Å². The molecule has 0 radical (unpaired) electrons. The largest absolute Gasteiger partial charge is 0.383 e. The molecule has 1 aliphatic heterocycles. The SMILES string of the molecule is Nc1nccc2cc(CNC(=O)c3cn(Cc4cnc(N5CCC(F)(F)C5)nc4)c(C4CC4)n3)c(F)cc12. The number of benzene rings is 1. The summed E-state index contributed by atoms with van der Waals surface area (Å²) in [6.45, 7) is 0.204. The molecule has 0 unspecified atom stereocenters. The van der Waals surface area contributed by atoms with Crippen LogP contribution in [-0.2, 0) is 13.1 Å². The van der Waals surface area contributed by atoms with Gasteiger partial charge in [0.25, 0.3) is 11.8 Å². The van der Waals surface area contributed by atoms with E-state index in [1.54, 1.807) is 36.9 Å². The first-order chi connectivity index (χ1) is 18.3. The fourth-order valence-corrected chi connectivity index (χ4v) is 4.70. The molecule has 4 aromatic rings. The van der Waals surface area contributed by atoms with Gasteiger partial charge in [-0.3, -0.25) is 4.79 Å². The Balaban J connectivity index is 1.15. The number of carbonyl (C=O) groups is 1. The van der Waals surface area contributed by atoms with Crippen molar-refractivity contribution in [2.24, 2.45) is 0 Å². The number of hydrogen-bond donors (Lipinski definition) is 2. The number of nitrogens with zero attached hydrogens (tertiary/aromatic N) is 6. The maximum atomic E-state index is 14.6. The van der Waals surface area contributed by atoms with Crippen LogP contribution in [0.2, 0.25) is 0 Å². The monoisotopic (exact) mass is 522 g/mol. The van der Waals surface area contributed by atoms with Crippen LogP contribution in [0.3, 0.4) is 0 Å². The zero-order chi connectivity index (χ0) is 26.4. The Hall–Kier alpha value is -4.22. The van der Waals surface area contributed by atoms with Crippen LogP contribution in [0.5, 0.6) is 0 Å². The van der Waals surface area contributed by atoms with Gasteiger partial charge in [0.1, 0.15) is 23.2 Å². The van der Waals surface area contributed by atoms with E-state index in [0.717, 1.165) is 29.6 Å². The molecule has 0 bridgehead atoms. The number of rotatable bonds is 7. The smallest absolute Gasteiger partial charge is 0.271 e. The molecule has 1 aromatic carbocycles. The Morgan fingerprint density at radius 2 is 1.97 bits per heavy atom. The fourth-order valence-electron chi connectivity index (χ4n) is 4.70. The molecule has 0 spiro atoms. The van der Waals surface area contributed by atoms with Gasteiger partial charge in [-0.1, -0.05) is 0 Å². The molecule has 1 aliphatic carbocycles. The Kier molecular flexibility index (Phi) is 5.88. The number of pyridine rings is 1. The highest BCUT2D eigenvalue weighted by Crippen LogP contribution is 2.39. The zero-order valence-corrected chi connectivity index (χ0v) is 20.4. The molecule has 4 heterocycles. The third-order valence-corrected chi connectivity index (χ3v) is 6.88. The van der Waals surface area contributed by atoms with Crippen molar-refractivity contribution in [3.63, 3.8) is 0 Å². The first kappa shape index (κ1) is 24.1. The van der Waals surface area contributed by atoms with Crippen molar-refractivity contribution in [1.82, 2.24) is 29.8 Å². The van der Waals surface area contributed by atoms with Crippen molar-refractivity contribution in [3.8, 4) is 0 Å². The van der Waals surface area contributed by atoms with Crippen molar-refractivity contribution >= 4 is 28.4 Å². The number of aromatic nitrogens is 5. The zero-order valence-electron chi connectivity index (χ0n) is 20.4. The van der Waals surface area contributed by atoms with Crippen LogP contribution in [0.4, 0.5) is 24.9 Å². The lowest BCUT2D eigenvalue weighted by atomic mass is 10.1. The second-order valence-corrected chi connectivity index (χ2v) is 9.85. The number of imidazole rings is 1. The fraction of sp³-hybridized carbons (Fsp3) is 0.346. The second kappa shape index (κ2) is 9.26. The van der Waals surface area contributed by atoms with Crippen molar-refractivity contribution in [3.05, 3.63) is 71.4 Å². The van der Waals surface area contributed by atoms with E-state index in [0.29, 0.717) is 17.5 Å². The van der Waals surface area contributed by atoms with Gasteiger partial charge >= 0.3 is 0 Å². The molecular weight excluding hydrogens is 497 g/mol. The number of carbonyl (C=O) groups excluding carboxylic acids is 1. The Labute approximate surface area is 215 Å². The molecule has 3 aromatic heterocycles. The standard InChI is InChI=1S/C26H25F3N8O/c27-20-8-19-17(3-5-31-22(19)30)7-18(20)11-32-24(38)21-13-37(23(35-21)16-1-2-16)12-15-9-33-25(34-10-15)36-6-4-26(28,29)14-36/h3,5,7-10,13,16H,1-2,4,6,11-12,14H2,(H2,30,31)(H,32,38). The lowest BCUT2D eigenvalue weighted by Gasteiger charge is -2.16. The molecule has 1 saturated carbocycles. The summed E-state index contributed by atoms with van der Waals surface area (Å²) in [5, 5.41) is 4.00. The summed E-state index contributed by atoms with van der Waals surface area (Å²) in [7, 11) is 0. The van der Waals surface area contributed by atoms with Crippen molar-refractivity contribution in [2.45, 2.75) is 44.2 Å². The second-order valence-electron chi connectivity index (χ2n) is 9.85. The molecule has 1 amide bonds. The number of hydrogen-bond acceptors (Lipinski definition) is 7. The third-order valence-electron chi connectivity index (χ3n) is 6.88. The molecule has 1 saturated heterocycles. The van der Waals surface area contributed by atoms with Crippen LogP contribution >= 0.6 is 0 Å². The average molecular weight is 523 g/mol. The quantitative estimate of drug-likeness (QED) is 0.381. The van der Waals surface area contributed by atoms with Crippen LogP contribution < -0.4 is 16.0 Å². The van der Waals surface area contributed by atoms with Gasteiger partial charge in [0.2, 0.25) is 5.95 Å². The van der Waals surface area contributed by atoms with Gasteiger partial charge in [-0.25, -0.2) is 33.1 Å². The number of alkyl halides is 2. The van der Waals surface area contributed by atoms with Gasteiger partial charge in [0.15, 0.2) is 0 Å². The molecule has 2 fully saturated rings. The van der Waals surface area contributed by atoms with E-state index in [-0.39, 0.29) is 49.4 Å². The van der Waals surface area contributed by atoms with Gasteiger partial charge in [-0.2, -0.15) is 0 Å².